The molecule has 1 fully saturated rings. The highest BCUT2D eigenvalue weighted by atomic mass is 32.1. The van der Waals surface area contributed by atoms with Gasteiger partial charge >= 0.3 is 0 Å². The SMILES string of the molecule is CN(C)C(=O)C1(CNc2nc(-c3ccc(F)cc3)cs2)CCCC1. The smallest absolute Gasteiger partial charge is 0.230 e. The number of halogens is 1. The molecule has 128 valence electrons. The van der Waals surface area contributed by atoms with E-state index < -0.39 is 0 Å². The lowest BCUT2D eigenvalue weighted by Crippen LogP contribution is -2.43. The number of hydrogen-bond donors (Lipinski definition) is 1. The number of nitrogens with zero attached hydrogens (tertiary/aromatic N) is 2. The lowest BCUT2D eigenvalue weighted by Gasteiger charge is -2.30. The second kappa shape index (κ2) is 6.89. The molecule has 4 nitrogen and oxygen atoms in total. The van der Waals surface area contributed by atoms with Crippen LogP contribution in [0.1, 0.15) is 25.7 Å². The molecule has 1 aromatic heterocycles. The Morgan fingerprint density at radius 3 is 2.58 bits per heavy atom. The van der Waals surface area contributed by atoms with Gasteiger partial charge in [0, 0.05) is 31.6 Å². The molecule has 1 heterocycles. The number of aromatic nitrogens is 1. The highest BCUT2D eigenvalue weighted by molar-refractivity contribution is 7.14. The van der Waals surface area contributed by atoms with Gasteiger partial charge in [0.25, 0.3) is 0 Å². The minimum absolute atomic E-state index is 0.197. The molecule has 0 aliphatic heterocycles. The number of nitrogens with one attached hydrogen (secondary N) is 1. The van der Waals surface area contributed by atoms with Gasteiger partial charge in [-0.25, -0.2) is 9.37 Å². The molecule has 1 aromatic carbocycles. The van der Waals surface area contributed by atoms with Crippen LogP contribution in [0.2, 0.25) is 0 Å². The minimum atomic E-state index is -0.314. The Labute approximate surface area is 145 Å². The van der Waals surface area contributed by atoms with E-state index in [1.54, 1.807) is 17.0 Å². The van der Waals surface area contributed by atoms with E-state index in [1.165, 1.54) is 23.5 Å². The first-order valence-electron chi connectivity index (χ1n) is 8.17. The topological polar surface area (TPSA) is 45.2 Å². The van der Waals surface area contributed by atoms with Gasteiger partial charge in [0.1, 0.15) is 5.82 Å². The van der Waals surface area contributed by atoms with Crippen molar-refractivity contribution in [3.05, 3.63) is 35.5 Å². The molecular formula is C18H22FN3OS. The van der Waals surface area contributed by atoms with Crippen molar-refractivity contribution >= 4 is 22.4 Å². The van der Waals surface area contributed by atoms with Crippen molar-refractivity contribution < 1.29 is 9.18 Å². The van der Waals surface area contributed by atoms with Crippen molar-refractivity contribution in [2.24, 2.45) is 5.41 Å². The van der Waals surface area contributed by atoms with Crippen LogP contribution in [0, 0.1) is 11.2 Å². The Kier molecular flexibility index (Phi) is 4.85. The fourth-order valence-electron chi connectivity index (χ4n) is 3.35. The van der Waals surface area contributed by atoms with Crippen molar-refractivity contribution in [3.63, 3.8) is 0 Å². The summed E-state index contributed by atoms with van der Waals surface area (Å²) in [6.45, 7) is 0.611. The Morgan fingerprint density at radius 2 is 1.96 bits per heavy atom. The van der Waals surface area contributed by atoms with E-state index in [0.29, 0.717) is 6.54 Å². The van der Waals surface area contributed by atoms with E-state index in [9.17, 15) is 9.18 Å². The molecule has 0 saturated heterocycles. The second-order valence-corrected chi connectivity index (χ2v) is 7.44. The molecule has 0 atom stereocenters. The highest BCUT2D eigenvalue weighted by Gasteiger charge is 2.41. The van der Waals surface area contributed by atoms with Gasteiger partial charge in [-0.05, 0) is 37.1 Å². The highest BCUT2D eigenvalue weighted by Crippen LogP contribution is 2.40. The van der Waals surface area contributed by atoms with Crippen molar-refractivity contribution in [2.45, 2.75) is 25.7 Å². The molecule has 0 bridgehead atoms. The first-order chi connectivity index (χ1) is 11.5. The van der Waals surface area contributed by atoms with Crippen LogP contribution in [0.5, 0.6) is 0 Å². The summed E-state index contributed by atoms with van der Waals surface area (Å²) in [5.41, 5.74) is 1.40. The van der Waals surface area contributed by atoms with Crippen LogP contribution in [-0.4, -0.2) is 36.4 Å². The summed E-state index contributed by atoms with van der Waals surface area (Å²) in [6, 6.07) is 6.32. The number of amides is 1. The second-order valence-electron chi connectivity index (χ2n) is 6.59. The van der Waals surface area contributed by atoms with Gasteiger partial charge in [-0.1, -0.05) is 12.8 Å². The summed E-state index contributed by atoms with van der Waals surface area (Å²) in [6.07, 6.45) is 4.04. The maximum Gasteiger partial charge on any atom is 0.230 e. The van der Waals surface area contributed by atoms with Gasteiger partial charge in [-0.3, -0.25) is 4.79 Å². The molecule has 1 N–H and O–H groups in total. The predicted molar refractivity (Wildman–Crippen MR) is 95.6 cm³/mol. The van der Waals surface area contributed by atoms with Crippen LogP contribution in [0.15, 0.2) is 29.6 Å². The van der Waals surface area contributed by atoms with E-state index in [-0.39, 0.29) is 17.1 Å². The first kappa shape index (κ1) is 16.9. The van der Waals surface area contributed by atoms with Crippen molar-refractivity contribution in [2.75, 3.05) is 26.0 Å². The molecule has 0 radical (unpaired) electrons. The number of thiazole rings is 1. The number of anilines is 1. The molecule has 3 rings (SSSR count). The molecule has 1 amide bonds. The van der Waals surface area contributed by atoms with Gasteiger partial charge in [-0.15, -0.1) is 11.3 Å². The maximum absolute atomic E-state index is 13.0. The van der Waals surface area contributed by atoms with Crippen LogP contribution in [0.3, 0.4) is 0 Å². The third-order valence-electron chi connectivity index (χ3n) is 4.64. The Balaban J connectivity index is 1.70. The Hall–Kier alpha value is -1.95. The normalized spacial score (nSPS) is 16.1. The van der Waals surface area contributed by atoms with Gasteiger partial charge in [0.2, 0.25) is 5.91 Å². The standard InChI is InChI=1S/C18H22FN3OS/c1-22(2)16(23)18(9-3-4-10-18)12-20-17-21-15(11-24-17)13-5-7-14(19)8-6-13/h5-8,11H,3-4,9-10,12H2,1-2H3,(H,20,21). The van der Waals surface area contributed by atoms with Gasteiger partial charge in [0.15, 0.2) is 5.13 Å². The van der Waals surface area contributed by atoms with E-state index >= 15 is 0 Å². The number of carbonyl (C=O) groups is 1. The third kappa shape index (κ3) is 3.43. The largest absolute Gasteiger partial charge is 0.360 e. The number of rotatable bonds is 5. The average molecular weight is 347 g/mol. The van der Waals surface area contributed by atoms with Crippen LogP contribution < -0.4 is 5.32 Å². The van der Waals surface area contributed by atoms with Crippen LogP contribution >= 0.6 is 11.3 Å². The summed E-state index contributed by atoms with van der Waals surface area (Å²) in [7, 11) is 3.64. The zero-order valence-corrected chi connectivity index (χ0v) is 14.8. The van der Waals surface area contributed by atoms with E-state index in [2.05, 4.69) is 10.3 Å². The number of carbonyl (C=O) groups excluding carboxylic acids is 1. The van der Waals surface area contributed by atoms with Crippen LogP contribution in [-0.2, 0) is 4.79 Å². The molecule has 6 heteroatoms. The summed E-state index contributed by atoms with van der Waals surface area (Å²) in [5, 5.41) is 6.10. The third-order valence-corrected chi connectivity index (χ3v) is 5.44. The minimum Gasteiger partial charge on any atom is -0.360 e. The van der Waals surface area contributed by atoms with Gasteiger partial charge < -0.3 is 10.2 Å². The predicted octanol–water partition coefficient (Wildman–Crippen LogP) is 4.01. The van der Waals surface area contributed by atoms with Crippen molar-refractivity contribution in [1.82, 2.24) is 9.88 Å². The molecular weight excluding hydrogens is 325 g/mol. The monoisotopic (exact) mass is 347 g/mol. The molecule has 1 aliphatic carbocycles. The van der Waals surface area contributed by atoms with E-state index in [0.717, 1.165) is 42.1 Å². The lowest BCUT2D eigenvalue weighted by atomic mass is 9.84. The van der Waals surface area contributed by atoms with Crippen molar-refractivity contribution in [3.8, 4) is 11.3 Å². The molecule has 24 heavy (non-hydrogen) atoms. The summed E-state index contributed by atoms with van der Waals surface area (Å²) >= 11 is 1.51. The fraction of sp³-hybridized carbons (Fsp3) is 0.444. The zero-order valence-electron chi connectivity index (χ0n) is 14.0. The Morgan fingerprint density at radius 1 is 1.29 bits per heavy atom. The lowest BCUT2D eigenvalue weighted by molar-refractivity contribution is -0.138. The maximum atomic E-state index is 13.0. The van der Waals surface area contributed by atoms with Crippen LogP contribution in [0.4, 0.5) is 9.52 Å². The summed E-state index contributed by atoms with van der Waals surface area (Å²) < 4.78 is 13.0. The fourth-order valence-corrected chi connectivity index (χ4v) is 4.06. The Bertz CT molecular complexity index is 705. The molecule has 2 aromatic rings. The summed E-state index contributed by atoms with van der Waals surface area (Å²) in [4.78, 5) is 18.8. The van der Waals surface area contributed by atoms with Crippen molar-refractivity contribution in [1.29, 1.82) is 0 Å². The van der Waals surface area contributed by atoms with Gasteiger partial charge in [0.05, 0.1) is 11.1 Å². The molecule has 1 aliphatic rings. The quantitative estimate of drug-likeness (QED) is 0.889. The number of benzene rings is 1. The van der Waals surface area contributed by atoms with E-state index in [4.69, 9.17) is 0 Å². The molecule has 0 spiro atoms. The van der Waals surface area contributed by atoms with Gasteiger partial charge in [-0.2, -0.15) is 0 Å². The van der Waals surface area contributed by atoms with E-state index in [1.807, 2.05) is 19.5 Å². The van der Waals surface area contributed by atoms with Crippen LogP contribution in [0.25, 0.3) is 11.3 Å². The summed E-state index contributed by atoms with van der Waals surface area (Å²) in [5.74, 6) is -0.0551. The molecule has 0 unspecified atom stereocenters. The number of hydrogen-bond acceptors (Lipinski definition) is 4. The zero-order chi connectivity index (χ0) is 17.2. The molecule has 1 saturated carbocycles. The first-order valence-corrected chi connectivity index (χ1v) is 9.05. The average Bonchev–Trinajstić information content (AvgIpc) is 3.23.